The van der Waals surface area contributed by atoms with E-state index in [2.05, 4.69) is 219 Å². The minimum Gasteiger partial charge on any atom is -0.489 e. The van der Waals surface area contributed by atoms with E-state index >= 15 is 14.4 Å². The van der Waals surface area contributed by atoms with Gasteiger partial charge in [-0.05, 0) is 183 Å². The number of hydrogen-bond donors (Lipinski definition) is 6. The van der Waals surface area contributed by atoms with Crippen LogP contribution in [-0.4, -0.2) is 77.6 Å². The highest BCUT2D eigenvalue weighted by molar-refractivity contribution is 6.05. The smallest absolute Gasteiger partial charge is 0.323 e. The fraction of sp³-hybridized carbons (Fsp3) is 0.769. The van der Waals surface area contributed by atoms with Gasteiger partial charge in [-0.15, -0.1) is 0 Å². The summed E-state index contributed by atoms with van der Waals surface area (Å²) in [6.07, 6.45) is 38.7. The quantitative estimate of drug-likeness (QED) is 0.0244. The largest absolute Gasteiger partial charge is 0.489 e. The molecule has 18 heteroatoms. The van der Waals surface area contributed by atoms with Crippen LogP contribution in [0.2, 0.25) is 0 Å². The van der Waals surface area contributed by atoms with Crippen molar-refractivity contribution in [3.63, 3.8) is 0 Å². The molecule has 0 aromatic heterocycles. The average molecular weight is 1890 g/mol. The molecule has 0 radical (unpaired) electrons. The van der Waals surface area contributed by atoms with Crippen LogP contribution in [0.5, 0.6) is 51.7 Å². The van der Waals surface area contributed by atoms with Crippen LogP contribution < -0.4 is 74.5 Å². The molecule has 0 aliphatic carbocycles. The Morgan fingerprint density at radius 2 is 0.289 bits per heavy atom. The van der Waals surface area contributed by atoms with Crippen LogP contribution in [0.15, 0.2) is 54.6 Å². The molecule has 135 heavy (non-hydrogen) atoms. The van der Waals surface area contributed by atoms with Crippen molar-refractivity contribution in [1.29, 1.82) is 0 Å². The van der Waals surface area contributed by atoms with Crippen molar-refractivity contribution in [2.45, 2.75) is 418 Å². The lowest BCUT2D eigenvalue weighted by Gasteiger charge is -2.22. The van der Waals surface area contributed by atoms with Crippen LogP contribution in [0.1, 0.15) is 418 Å². The Balaban J connectivity index is 1.98. The van der Waals surface area contributed by atoms with E-state index in [-0.39, 0.29) is 17.1 Å². The van der Waals surface area contributed by atoms with Crippen molar-refractivity contribution in [3.05, 3.63) is 54.6 Å². The Bertz CT molecular complexity index is 3250. The molecule has 6 amide bonds. The number of nitrogens with one attached hydrogen (secondary N) is 6. The molecule has 18 nitrogen and oxygen atoms in total. The fourth-order valence-corrected chi connectivity index (χ4v) is 17.2. The van der Waals surface area contributed by atoms with Crippen LogP contribution in [0.25, 0.3) is 0 Å². The highest BCUT2D eigenvalue weighted by Crippen LogP contribution is 2.46. The summed E-state index contributed by atoms with van der Waals surface area (Å²) in [4.78, 5) is 45.5. The number of benzene rings is 4. The van der Waals surface area contributed by atoms with Crippen molar-refractivity contribution in [3.8, 4) is 51.7 Å². The second kappa shape index (κ2) is 69.7. The molecular weight excluding hydrogens is 1680 g/mol. The van der Waals surface area contributed by atoms with Crippen LogP contribution >= 0.6 is 0 Å². The lowest BCUT2D eigenvalue weighted by Crippen LogP contribution is -2.23. The van der Waals surface area contributed by atoms with Gasteiger partial charge in [0.1, 0.15) is 0 Å². The van der Waals surface area contributed by atoms with Gasteiger partial charge in [0.05, 0.1) is 76.5 Å². The Kier molecular flexibility index (Phi) is 62.0. The van der Waals surface area contributed by atoms with Gasteiger partial charge in [-0.2, -0.15) is 0 Å². The highest BCUT2D eigenvalue weighted by atomic mass is 16.6. The Hall–Kier alpha value is -7.11. The molecule has 4 aromatic carbocycles. The monoisotopic (exact) mass is 1890 g/mol. The molecule has 0 aliphatic heterocycles. The summed E-state index contributed by atoms with van der Waals surface area (Å²) in [5, 5.41) is 18.8. The average Bonchev–Trinajstić information content (AvgIpc) is 0.817. The molecule has 0 saturated heterocycles. The molecular formula is C117H204N6O12. The van der Waals surface area contributed by atoms with Crippen LogP contribution in [0.3, 0.4) is 0 Å². The van der Waals surface area contributed by atoms with E-state index in [1.54, 1.807) is 18.2 Å². The Labute approximate surface area is 826 Å². The number of hydrogen-bond acceptors (Lipinski definition) is 12. The van der Waals surface area contributed by atoms with Gasteiger partial charge in [-0.3, -0.25) is 0 Å². The number of ether oxygens (including phenoxy) is 9. The summed E-state index contributed by atoms with van der Waals surface area (Å²) in [5.41, 5.74) is 2.05. The predicted molar refractivity (Wildman–Crippen MR) is 575 cm³/mol. The van der Waals surface area contributed by atoms with E-state index in [1.807, 2.05) is 36.4 Å². The van der Waals surface area contributed by atoms with Gasteiger partial charge < -0.3 is 74.5 Å². The first-order valence-corrected chi connectivity index (χ1v) is 54.9. The summed E-state index contributed by atoms with van der Waals surface area (Å²) >= 11 is 0. The SMILES string of the molecule is CC(C)CCC[C@H](C)CCOc1cc(NC(=O)Nc2cc(NC(=O)Nc3cc(OCC[C@@H](C)CCCC(C)C)c(OCC[C@@H](C)CCCC(C)C)c(OCC[C@@H](C)CCCC(C)C)c3)cc(NC(=O)Nc3cc(OCC[C@@H](C)CCCC(C)C)c(OCC[C@@H](C)CCCC(C)C)c(OCC[C@@H](C)CCCC(C)C)c3)c2)cc(OCC[C@@H](C)CCCC(C)C)c1OCC[C@@H](C)CCCC(C)C. The van der Waals surface area contributed by atoms with Crippen molar-refractivity contribution in [1.82, 2.24) is 0 Å². The van der Waals surface area contributed by atoms with Crippen molar-refractivity contribution >= 4 is 52.2 Å². The maximum atomic E-state index is 15.2. The van der Waals surface area contributed by atoms with E-state index in [0.717, 1.165) is 154 Å². The van der Waals surface area contributed by atoms with Gasteiger partial charge in [0.25, 0.3) is 0 Å². The number of rotatable bonds is 78. The molecule has 6 N–H and O–H groups in total. The molecule has 4 rings (SSSR count). The summed E-state index contributed by atoms with van der Waals surface area (Å²) in [5.74, 6) is 14.3. The minimum absolute atomic E-state index is 0.256. The number of carbonyl (C=O) groups is 3. The van der Waals surface area contributed by atoms with Gasteiger partial charge in [0.15, 0.2) is 34.5 Å². The fourth-order valence-electron chi connectivity index (χ4n) is 17.2. The van der Waals surface area contributed by atoms with E-state index in [9.17, 15) is 0 Å². The molecule has 9 atom stereocenters. The maximum absolute atomic E-state index is 15.2. The number of amides is 6. The number of carbonyl (C=O) groups excluding carboxylic acids is 3. The van der Waals surface area contributed by atoms with Gasteiger partial charge in [-0.25, -0.2) is 14.4 Å². The first-order chi connectivity index (χ1) is 64.3. The van der Waals surface area contributed by atoms with E-state index in [1.165, 1.54) is 77.0 Å². The van der Waals surface area contributed by atoms with Crippen molar-refractivity contribution in [2.75, 3.05) is 91.4 Å². The lowest BCUT2D eigenvalue weighted by molar-refractivity contribution is 0.216. The molecule has 0 heterocycles. The van der Waals surface area contributed by atoms with E-state index < -0.39 is 18.1 Å². The van der Waals surface area contributed by atoms with Gasteiger partial charge in [0.2, 0.25) is 17.2 Å². The van der Waals surface area contributed by atoms with Gasteiger partial charge >= 0.3 is 18.1 Å². The first-order valence-electron chi connectivity index (χ1n) is 54.9. The highest BCUT2D eigenvalue weighted by Gasteiger charge is 2.26. The summed E-state index contributed by atoms with van der Waals surface area (Å²) in [6.45, 7) is 65.9. The Morgan fingerprint density at radius 3 is 0.415 bits per heavy atom. The standard InChI is InChI=1S/C117H204N6O12/c1-82(2)37-28-46-91(19)55-64-127-106-76-103(77-107(128-65-56-92(20)47-29-38-83(3)4)112(106)133-70-61-97(25)52-34-43-88(13)14)121-115(124)118-100-73-101(119-116(125)122-104-78-108(129-66-57-93(21)48-30-39-84(5)6)113(134-71-62-98(26)53-35-44-89(15)16)109(79-104)130-67-58-94(22)49-31-40-85(7)8)75-102(74-100)120-117(126)123-105-80-110(131-68-59-95(23)50-32-41-86(9)10)114(135-72-63-99(27)54-36-45-90(17)18)111(81-105)132-69-60-96(24)51-33-42-87(11)12/h73-99H,28-72H2,1-27H3,(H2,118,121,124)(H2,119,122,125)(H2,120,123,126)/t91-,92-,93-,94-,95-,96-,97-,98-,99-/m0/s1. The molecule has 0 bridgehead atoms. The molecule has 0 unspecified atom stereocenters. The topological polar surface area (TPSA) is 206 Å². The van der Waals surface area contributed by atoms with Crippen molar-refractivity contribution < 1.29 is 57.0 Å². The number of urea groups is 3. The second-order valence-corrected chi connectivity index (χ2v) is 45.5. The van der Waals surface area contributed by atoms with Crippen LogP contribution in [0, 0.1) is 107 Å². The third kappa shape index (κ3) is 57.9. The Morgan fingerprint density at radius 1 is 0.170 bits per heavy atom. The van der Waals surface area contributed by atoms with Crippen LogP contribution in [-0.2, 0) is 0 Å². The second-order valence-electron chi connectivity index (χ2n) is 45.5. The minimum atomic E-state index is -0.596. The van der Waals surface area contributed by atoms with Gasteiger partial charge in [0, 0.05) is 53.5 Å². The zero-order valence-corrected chi connectivity index (χ0v) is 91.3. The normalized spacial score (nSPS) is 13.9. The third-order valence-corrected chi connectivity index (χ3v) is 26.6. The zero-order chi connectivity index (χ0) is 99.6. The zero-order valence-electron chi connectivity index (χ0n) is 91.3. The maximum Gasteiger partial charge on any atom is 0.323 e. The predicted octanol–water partition coefficient (Wildman–Crippen LogP) is 35.7. The number of anilines is 6. The molecule has 0 saturated carbocycles. The molecule has 4 aromatic rings. The molecule has 0 spiro atoms. The lowest BCUT2D eigenvalue weighted by atomic mass is 9.97. The summed E-state index contributed by atoms with van der Waals surface area (Å²) < 4.78 is 61.6. The van der Waals surface area contributed by atoms with E-state index in [0.29, 0.717) is 235 Å². The van der Waals surface area contributed by atoms with Crippen molar-refractivity contribution in [2.24, 2.45) is 107 Å². The van der Waals surface area contributed by atoms with E-state index in [4.69, 9.17) is 42.6 Å². The molecule has 774 valence electrons. The first kappa shape index (κ1) is 120. The van der Waals surface area contributed by atoms with Gasteiger partial charge in [-0.1, -0.05) is 360 Å². The molecule has 0 fully saturated rings. The van der Waals surface area contributed by atoms with Crippen LogP contribution in [0.4, 0.5) is 48.5 Å². The molecule has 0 aliphatic rings. The summed E-state index contributed by atoms with van der Waals surface area (Å²) in [7, 11) is 0. The summed E-state index contributed by atoms with van der Waals surface area (Å²) in [6, 6.07) is 14.2. The third-order valence-electron chi connectivity index (χ3n) is 26.6.